The SMILES string of the molecule is COc1ccccc1-n1nc(C(=O)Nc2cccc(C(C)=O)c2)c(O)cc1=O. The van der Waals surface area contributed by atoms with E-state index in [0.717, 1.165) is 10.7 Å². The van der Waals surface area contributed by atoms with Gasteiger partial charge in [-0.25, -0.2) is 0 Å². The number of anilines is 1. The van der Waals surface area contributed by atoms with Crippen molar-refractivity contribution in [3.63, 3.8) is 0 Å². The highest BCUT2D eigenvalue weighted by Gasteiger charge is 2.18. The quantitative estimate of drug-likeness (QED) is 0.659. The zero-order valence-electron chi connectivity index (χ0n) is 15.2. The Morgan fingerprint density at radius 3 is 2.57 bits per heavy atom. The second-order valence-corrected chi connectivity index (χ2v) is 5.89. The van der Waals surface area contributed by atoms with Crippen molar-refractivity contribution >= 4 is 17.4 Å². The van der Waals surface area contributed by atoms with E-state index < -0.39 is 17.2 Å². The molecule has 2 aromatic carbocycles. The van der Waals surface area contributed by atoms with Gasteiger partial charge in [0.05, 0.1) is 7.11 Å². The van der Waals surface area contributed by atoms with Gasteiger partial charge >= 0.3 is 0 Å². The number of methoxy groups -OCH3 is 1. The van der Waals surface area contributed by atoms with Gasteiger partial charge in [-0.1, -0.05) is 24.3 Å². The molecule has 1 heterocycles. The summed E-state index contributed by atoms with van der Waals surface area (Å²) in [6.07, 6.45) is 0. The molecule has 28 heavy (non-hydrogen) atoms. The van der Waals surface area contributed by atoms with E-state index in [1.54, 1.807) is 42.5 Å². The summed E-state index contributed by atoms with van der Waals surface area (Å²) in [7, 11) is 1.44. The van der Waals surface area contributed by atoms with Crippen LogP contribution in [0.15, 0.2) is 59.4 Å². The molecule has 0 fully saturated rings. The normalized spacial score (nSPS) is 10.4. The maximum absolute atomic E-state index is 12.6. The Hall–Kier alpha value is -3.94. The summed E-state index contributed by atoms with van der Waals surface area (Å²) in [6.45, 7) is 1.41. The number of carbonyl (C=O) groups is 2. The predicted molar refractivity (Wildman–Crippen MR) is 102 cm³/mol. The van der Waals surface area contributed by atoms with Crippen molar-refractivity contribution in [1.29, 1.82) is 0 Å². The average molecular weight is 379 g/mol. The number of hydrogen-bond donors (Lipinski definition) is 2. The van der Waals surface area contributed by atoms with Crippen molar-refractivity contribution in [1.82, 2.24) is 9.78 Å². The van der Waals surface area contributed by atoms with E-state index in [-0.39, 0.29) is 11.5 Å². The Morgan fingerprint density at radius 2 is 1.86 bits per heavy atom. The zero-order chi connectivity index (χ0) is 20.3. The van der Waals surface area contributed by atoms with Crippen LogP contribution in [0, 0.1) is 0 Å². The molecule has 0 atom stereocenters. The fourth-order valence-electron chi connectivity index (χ4n) is 2.59. The molecular weight excluding hydrogens is 362 g/mol. The van der Waals surface area contributed by atoms with Gasteiger partial charge in [-0.15, -0.1) is 0 Å². The van der Waals surface area contributed by atoms with Crippen LogP contribution in [0.3, 0.4) is 0 Å². The van der Waals surface area contributed by atoms with Gasteiger partial charge < -0.3 is 15.2 Å². The largest absolute Gasteiger partial charge is 0.505 e. The van der Waals surface area contributed by atoms with Gasteiger partial charge in [-0.05, 0) is 31.2 Å². The summed E-state index contributed by atoms with van der Waals surface area (Å²) in [5, 5.41) is 16.6. The summed E-state index contributed by atoms with van der Waals surface area (Å²) in [6, 6.07) is 13.9. The van der Waals surface area contributed by atoms with Crippen LogP contribution >= 0.6 is 0 Å². The summed E-state index contributed by atoms with van der Waals surface area (Å²) < 4.78 is 6.19. The number of benzene rings is 2. The molecule has 0 radical (unpaired) electrons. The standard InChI is InChI=1S/C20H17N3O5/c1-12(24)13-6-5-7-14(10-13)21-20(27)19-16(25)11-18(26)23(22-19)15-8-3-4-9-17(15)28-2/h3-11,25H,1-2H3,(H,21,27). The maximum Gasteiger partial charge on any atom is 0.279 e. The molecule has 0 unspecified atom stereocenters. The van der Waals surface area contributed by atoms with E-state index in [2.05, 4.69) is 10.4 Å². The molecule has 0 saturated heterocycles. The molecule has 142 valence electrons. The van der Waals surface area contributed by atoms with Crippen LogP contribution in [-0.4, -0.2) is 33.7 Å². The van der Waals surface area contributed by atoms with Gasteiger partial charge in [0.15, 0.2) is 17.2 Å². The number of aromatic hydroxyl groups is 1. The first kappa shape index (κ1) is 18.8. The highest BCUT2D eigenvalue weighted by Crippen LogP contribution is 2.22. The molecule has 3 rings (SSSR count). The minimum atomic E-state index is -0.734. The van der Waals surface area contributed by atoms with E-state index in [0.29, 0.717) is 22.7 Å². The molecule has 0 aliphatic heterocycles. The lowest BCUT2D eigenvalue weighted by molar-refractivity contribution is 0.100. The molecule has 0 bridgehead atoms. The first-order chi connectivity index (χ1) is 13.4. The number of amides is 1. The molecular formula is C20H17N3O5. The second kappa shape index (κ2) is 7.75. The lowest BCUT2D eigenvalue weighted by Crippen LogP contribution is -2.25. The third kappa shape index (κ3) is 3.75. The summed E-state index contributed by atoms with van der Waals surface area (Å²) in [4.78, 5) is 36.4. The van der Waals surface area contributed by atoms with E-state index in [4.69, 9.17) is 4.74 Å². The number of para-hydroxylation sites is 2. The van der Waals surface area contributed by atoms with Crippen molar-refractivity contribution in [2.75, 3.05) is 12.4 Å². The zero-order valence-corrected chi connectivity index (χ0v) is 15.2. The molecule has 0 spiro atoms. The van der Waals surface area contributed by atoms with Crippen molar-refractivity contribution in [2.24, 2.45) is 0 Å². The monoisotopic (exact) mass is 379 g/mol. The molecule has 8 nitrogen and oxygen atoms in total. The van der Waals surface area contributed by atoms with Crippen LogP contribution in [0.2, 0.25) is 0 Å². The maximum atomic E-state index is 12.6. The summed E-state index contributed by atoms with van der Waals surface area (Å²) in [5.74, 6) is -1.07. The molecule has 0 aliphatic carbocycles. The van der Waals surface area contributed by atoms with E-state index in [9.17, 15) is 19.5 Å². The Kier molecular flexibility index (Phi) is 5.21. The van der Waals surface area contributed by atoms with Crippen LogP contribution in [0.25, 0.3) is 5.69 Å². The Bertz CT molecular complexity index is 1120. The number of Topliss-reactive ketones (excluding diaryl/α,β-unsaturated/α-hetero) is 1. The van der Waals surface area contributed by atoms with Crippen LogP contribution in [-0.2, 0) is 0 Å². The molecule has 0 saturated carbocycles. The van der Waals surface area contributed by atoms with Crippen molar-refractivity contribution in [3.8, 4) is 17.2 Å². The van der Waals surface area contributed by atoms with Crippen molar-refractivity contribution in [2.45, 2.75) is 6.92 Å². The molecule has 1 amide bonds. The highest BCUT2D eigenvalue weighted by atomic mass is 16.5. The summed E-state index contributed by atoms with van der Waals surface area (Å²) >= 11 is 0. The number of nitrogens with one attached hydrogen (secondary N) is 1. The summed E-state index contributed by atoms with van der Waals surface area (Å²) in [5.41, 5.74) is 0.126. The third-order valence-electron chi connectivity index (χ3n) is 3.97. The number of ether oxygens (including phenoxy) is 1. The number of ketones is 1. The molecule has 2 N–H and O–H groups in total. The first-order valence-electron chi connectivity index (χ1n) is 8.30. The fraction of sp³-hybridized carbons (Fsp3) is 0.100. The molecule has 8 heteroatoms. The second-order valence-electron chi connectivity index (χ2n) is 5.89. The number of aromatic nitrogens is 2. The lowest BCUT2D eigenvalue weighted by atomic mass is 10.1. The predicted octanol–water partition coefficient (Wildman–Crippen LogP) is 2.40. The number of nitrogens with zero attached hydrogens (tertiary/aromatic N) is 2. The van der Waals surface area contributed by atoms with Crippen LogP contribution in [0.5, 0.6) is 11.5 Å². The minimum Gasteiger partial charge on any atom is -0.505 e. The van der Waals surface area contributed by atoms with Crippen molar-refractivity contribution < 1.29 is 19.4 Å². The van der Waals surface area contributed by atoms with E-state index >= 15 is 0 Å². The van der Waals surface area contributed by atoms with Gasteiger partial charge in [0, 0.05) is 17.3 Å². The fourth-order valence-corrected chi connectivity index (χ4v) is 2.59. The number of carbonyl (C=O) groups excluding carboxylic acids is 2. The Morgan fingerprint density at radius 1 is 1.11 bits per heavy atom. The van der Waals surface area contributed by atoms with Gasteiger partial charge in [-0.2, -0.15) is 9.78 Å². The smallest absolute Gasteiger partial charge is 0.279 e. The third-order valence-corrected chi connectivity index (χ3v) is 3.97. The highest BCUT2D eigenvalue weighted by molar-refractivity contribution is 6.05. The topological polar surface area (TPSA) is 111 Å². The Labute approximate surface area is 160 Å². The van der Waals surface area contributed by atoms with E-state index in [1.807, 2.05) is 0 Å². The van der Waals surface area contributed by atoms with Gasteiger partial charge in [0.1, 0.15) is 11.4 Å². The van der Waals surface area contributed by atoms with Crippen LogP contribution < -0.4 is 15.6 Å². The van der Waals surface area contributed by atoms with Crippen molar-refractivity contribution in [3.05, 3.63) is 76.2 Å². The van der Waals surface area contributed by atoms with Gasteiger partial charge in [0.2, 0.25) is 0 Å². The van der Waals surface area contributed by atoms with Crippen LogP contribution in [0.4, 0.5) is 5.69 Å². The Balaban J connectivity index is 2.00. The van der Waals surface area contributed by atoms with Gasteiger partial charge in [0.25, 0.3) is 11.5 Å². The first-order valence-corrected chi connectivity index (χ1v) is 8.30. The van der Waals surface area contributed by atoms with Crippen LogP contribution in [0.1, 0.15) is 27.8 Å². The number of rotatable bonds is 5. The van der Waals surface area contributed by atoms with Gasteiger partial charge in [-0.3, -0.25) is 14.4 Å². The molecule has 0 aliphatic rings. The lowest BCUT2D eigenvalue weighted by Gasteiger charge is -2.12. The molecule has 1 aromatic heterocycles. The molecule has 3 aromatic rings. The average Bonchev–Trinajstić information content (AvgIpc) is 2.68. The minimum absolute atomic E-state index is 0.151. The van der Waals surface area contributed by atoms with E-state index in [1.165, 1.54) is 20.1 Å². The number of hydrogen-bond acceptors (Lipinski definition) is 6.